The van der Waals surface area contributed by atoms with Gasteiger partial charge in [0.05, 0.1) is 18.7 Å². The number of halogens is 4. The monoisotopic (exact) mass is 612 g/mol. The molecule has 0 saturated carbocycles. The van der Waals surface area contributed by atoms with Gasteiger partial charge in [0.25, 0.3) is 5.92 Å². The quantitative estimate of drug-likeness (QED) is 0.258. The summed E-state index contributed by atoms with van der Waals surface area (Å²) in [4.78, 5) is 1.52. The highest BCUT2D eigenvalue weighted by atomic mass is 19.3. The van der Waals surface area contributed by atoms with E-state index in [2.05, 4.69) is 5.32 Å². The van der Waals surface area contributed by atoms with E-state index in [4.69, 9.17) is 9.47 Å². The van der Waals surface area contributed by atoms with Crippen molar-refractivity contribution in [2.45, 2.75) is 95.9 Å². The van der Waals surface area contributed by atoms with Gasteiger partial charge in [0.2, 0.25) is 0 Å². The van der Waals surface area contributed by atoms with Gasteiger partial charge in [-0.2, -0.15) is 0 Å². The first-order valence-corrected chi connectivity index (χ1v) is 16.0. The van der Waals surface area contributed by atoms with Gasteiger partial charge < -0.3 is 14.8 Å². The summed E-state index contributed by atoms with van der Waals surface area (Å²) in [5.41, 5.74) is 2.20. The van der Waals surface area contributed by atoms with Crippen molar-refractivity contribution < 1.29 is 27.0 Å². The van der Waals surface area contributed by atoms with Crippen molar-refractivity contribution in [3.8, 4) is 11.5 Å². The summed E-state index contributed by atoms with van der Waals surface area (Å²) in [5.74, 6) is -3.87. The van der Waals surface area contributed by atoms with Crippen LogP contribution in [0.25, 0.3) is 0 Å². The fraction of sp³-hybridized carbons (Fsp3) is 0.500. The van der Waals surface area contributed by atoms with Crippen molar-refractivity contribution in [3.63, 3.8) is 0 Å². The van der Waals surface area contributed by atoms with Crippen LogP contribution in [0.1, 0.15) is 87.1 Å². The Balaban J connectivity index is 1.43. The molecule has 3 atom stereocenters. The van der Waals surface area contributed by atoms with Crippen molar-refractivity contribution in [2.75, 3.05) is 19.6 Å². The van der Waals surface area contributed by atoms with Crippen LogP contribution in [0.15, 0.2) is 60.7 Å². The van der Waals surface area contributed by atoms with Crippen molar-refractivity contribution in [3.05, 3.63) is 94.6 Å². The zero-order chi connectivity index (χ0) is 31.1. The third kappa shape index (κ3) is 8.54. The maximum absolute atomic E-state index is 16.0. The topological polar surface area (TPSA) is 33.7 Å². The van der Waals surface area contributed by atoms with Crippen molar-refractivity contribution in [1.29, 1.82) is 0 Å². The van der Waals surface area contributed by atoms with Gasteiger partial charge in [0.1, 0.15) is 29.7 Å². The van der Waals surface area contributed by atoms with Gasteiger partial charge in [-0.3, -0.25) is 4.90 Å². The third-order valence-corrected chi connectivity index (χ3v) is 8.67. The third-order valence-electron chi connectivity index (χ3n) is 8.67. The Hall–Kier alpha value is -3.10. The van der Waals surface area contributed by atoms with E-state index in [1.165, 1.54) is 17.0 Å². The zero-order valence-corrected chi connectivity index (χ0v) is 25.8. The second-order valence-corrected chi connectivity index (χ2v) is 12.5. The summed E-state index contributed by atoms with van der Waals surface area (Å²) in [5, 5.41) is 3.45. The number of nitrogens with one attached hydrogen (secondary N) is 1. The Kier molecular flexibility index (Phi) is 10.9. The van der Waals surface area contributed by atoms with Crippen LogP contribution in [0, 0.1) is 11.6 Å². The van der Waals surface area contributed by atoms with Gasteiger partial charge in [-0.1, -0.05) is 42.8 Å². The first kappa shape index (κ1) is 32.3. The van der Waals surface area contributed by atoms with Gasteiger partial charge in [-0.25, -0.2) is 17.6 Å². The average molecular weight is 613 g/mol. The van der Waals surface area contributed by atoms with E-state index in [1.54, 1.807) is 12.1 Å². The zero-order valence-electron chi connectivity index (χ0n) is 25.8. The van der Waals surface area contributed by atoms with Crippen molar-refractivity contribution in [1.82, 2.24) is 10.2 Å². The van der Waals surface area contributed by atoms with E-state index in [0.29, 0.717) is 24.3 Å². The van der Waals surface area contributed by atoms with Crippen LogP contribution in [-0.4, -0.2) is 42.6 Å². The average Bonchev–Trinajstić information content (AvgIpc) is 3.03. The molecule has 0 aliphatic carbocycles. The second kappa shape index (κ2) is 14.8. The van der Waals surface area contributed by atoms with Crippen molar-refractivity contribution >= 4 is 0 Å². The molecule has 1 fully saturated rings. The molecule has 0 bridgehead atoms. The largest absolute Gasteiger partial charge is 0.490 e. The van der Waals surface area contributed by atoms with Gasteiger partial charge in [-0.15, -0.1) is 0 Å². The molecule has 238 valence electrons. The summed E-state index contributed by atoms with van der Waals surface area (Å²) >= 11 is 0. The summed E-state index contributed by atoms with van der Waals surface area (Å²) in [6, 6.07) is 16.2. The SMILES string of the molecule is C[C@@H]1Cc2cc(OCc3ccccc3)ccc2C(c2c(F)cc(OC3CCCCCNCCCC3)cc2F)N1CC(C)(F)F. The number of alkyl halides is 2. The lowest BCUT2D eigenvalue weighted by atomic mass is 9.84. The maximum atomic E-state index is 16.0. The van der Waals surface area contributed by atoms with Gasteiger partial charge in [0, 0.05) is 30.7 Å². The molecule has 0 aromatic heterocycles. The minimum Gasteiger partial charge on any atom is -0.490 e. The van der Waals surface area contributed by atoms with Crippen molar-refractivity contribution in [2.24, 2.45) is 0 Å². The summed E-state index contributed by atoms with van der Waals surface area (Å²) < 4.78 is 73.1. The lowest BCUT2D eigenvalue weighted by Crippen LogP contribution is -2.48. The Labute approximate surface area is 258 Å². The lowest BCUT2D eigenvalue weighted by molar-refractivity contribution is -0.0371. The Bertz CT molecular complexity index is 1330. The molecule has 2 aliphatic heterocycles. The molecule has 3 aromatic rings. The van der Waals surface area contributed by atoms with E-state index in [0.717, 1.165) is 76.1 Å². The highest BCUT2D eigenvalue weighted by molar-refractivity contribution is 5.46. The standard InChI is InChI=1S/C36H44F4N2O2/c1-25-19-27-20-29(43-23-26-11-5-3-6-12-26)15-16-31(27)35(42(25)24-36(2,39)40)34-32(37)21-30(22-33(34)38)44-28-13-7-4-9-17-41-18-10-8-14-28/h3,5-6,11-12,15-16,20-22,25,28,35,41H,4,7-10,13-14,17-19,23-24H2,1-2H3/t25-,28?,35?/m1/s1. The first-order valence-electron chi connectivity index (χ1n) is 16.0. The molecule has 44 heavy (non-hydrogen) atoms. The van der Waals surface area contributed by atoms with Crippen LogP contribution >= 0.6 is 0 Å². The Morgan fingerprint density at radius 2 is 1.55 bits per heavy atom. The van der Waals surface area contributed by atoms with Gasteiger partial charge >= 0.3 is 0 Å². The minimum absolute atomic E-state index is 0.127. The van der Waals surface area contributed by atoms with E-state index in [-0.39, 0.29) is 23.5 Å². The van der Waals surface area contributed by atoms with Gasteiger partial charge in [0.15, 0.2) is 0 Å². The predicted molar refractivity (Wildman–Crippen MR) is 166 cm³/mol. The number of ether oxygens (including phenoxy) is 2. The molecule has 8 heteroatoms. The smallest absolute Gasteiger partial charge is 0.257 e. The number of hydrogen-bond acceptors (Lipinski definition) is 4. The minimum atomic E-state index is -3.05. The highest BCUT2D eigenvalue weighted by Crippen LogP contribution is 2.43. The lowest BCUT2D eigenvalue weighted by Gasteiger charge is -2.43. The molecule has 1 saturated heterocycles. The number of fused-ring (bicyclic) bond motifs is 1. The van der Waals surface area contributed by atoms with Crippen LogP contribution < -0.4 is 14.8 Å². The molecule has 1 N–H and O–H groups in total. The molecule has 0 amide bonds. The molecule has 4 nitrogen and oxygen atoms in total. The molecule has 2 heterocycles. The van der Waals surface area contributed by atoms with Crippen LogP contribution in [0.5, 0.6) is 11.5 Å². The Morgan fingerprint density at radius 1 is 0.864 bits per heavy atom. The summed E-state index contributed by atoms with van der Waals surface area (Å²) in [6.07, 6.45) is 7.12. The highest BCUT2D eigenvalue weighted by Gasteiger charge is 2.40. The fourth-order valence-electron chi connectivity index (χ4n) is 6.50. The predicted octanol–water partition coefficient (Wildman–Crippen LogP) is 8.62. The van der Waals surface area contributed by atoms with Crippen LogP contribution in [-0.2, 0) is 13.0 Å². The maximum Gasteiger partial charge on any atom is 0.257 e. The van der Waals surface area contributed by atoms with Crippen LogP contribution in [0.4, 0.5) is 17.6 Å². The van der Waals surface area contributed by atoms with Gasteiger partial charge in [-0.05, 0) is 93.8 Å². The number of benzene rings is 3. The molecule has 3 aromatic carbocycles. The molecule has 0 radical (unpaired) electrons. The van der Waals surface area contributed by atoms with Crippen LogP contribution in [0.2, 0.25) is 0 Å². The molecule has 2 unspecified atom stereocenters. The van der Waals surface area contributed by atoms with E-state index in [9.17, 15) is 8.78 Å². The second-order valence-electron chi connectivity index (χ2n) is 12.5. The molecule has 0 spiro atoms. The number of nitrogens with zero attached hydrogens (tertiary/aromatic N) is 1. The van der Waals surface area contributed by atoms with Crippen LogP contribution in [0.3, 0.4) is 0 Å². The van der Waals surface area contributed by atoms with E-state index < -0.39 is 30.1 Å². The molecular weight excluding hydrogens is 568 g/mol. The Morgan fingerprint density at radius 3 is 2.25 bits per heavy atom. The van der Waals surface area contributed by atoms with E-state index in [1.807, 2.05) is 43.3 Å². The molecule has 2 aliphatic rings. The van der Waals surface area contributed by atoms with E-state index >= 15 is 8.78 Å². The fourth-order valence-corrected chi connectivity index (χ4v) is 6.50. The number of rotatable bonds is 8. The summed E-state index contributed by atoms with van der Waals surface area (Å²) in [7, 11) is 0. The normalized spacial score (nSPS) is 22.1. The molecule has 5 rings (SSSR count). The molecular formula is C36H44F4N2O2. The number of hydrogen-bond donors (Lipinski definition) is 1. The first-order chi connectivity index (χ1) is 21.2. The summed E-state index contributed by atoms with van der Waals surface area (Å²) in [6.45, 7) is 4.38.